The van der Waals surface area contributed by atoms with Crippen LogP contribution in [0.5, 0.6) is 0 Å². The number of carbonyl (C=O) groups excluding carboxylic acids is 7. The molecule has 97 heavy (non-hydrogen) atoms. The van der Waals surface area contributed by atoms with Crippen molar-refractivity contribution in [2.24, 2.45) is 56.2 Å². The quantitative estimate of drug-likeness (QED) is 0.0540. The highest BCUT2D eigenvalue weighted by molar-refractivity contribution is 14.1. The van der Waals surface area contributed by atoms with Crippen molar-refractivity contribution in [3.63, 3.8) is 0 Å². The lowest BCUT2D eigenvalue weighted by atomic mass is 9.51. The number of benzene rings is 3. The smallest absolute Gasteiger partial charge is 0.343 e. The number of esters is 6. The van der Waals surface area contributed by atoms with E-state index in [1.54, 1.807) is 65.8 Å². The fraction of sp³-hybridized carbons (Fsp3) is 0.590. The first-order valence-electron chi connectivity index (χ1n) is 29.8. The number of amides is 1. The first kappa shape index (κ1) is 72.0. The highest BCUT2D eigenvalue weighted by Gasteiger charge is 3.07. The second-order valence-electron chi connectivity index (χ2n) is 28.1. The molecule has 8 unspecified atom stereocenters. The van der Waals surface area contributed by atoms with Gasteiger partial charge in [-0.3, -0.25) is 22.7 Å². The molecule has 4 saturated carbocycles. The van der Waals surface area contributed by atoms with Gasteiger partial charge in [-0.2, -0.15) is 16.8 Å². The van der Waals surface area contributed by atoms with Crippen LogP contribution < -0.4 is 5.32 Å². The van der Waals surface area contributed by atoms with E-state index >= 15 is 0 Å². The molecular weight excluding hydrogens is 1600 g/mol. The lowest BCUT2D eigenvalue weighted by molar-refractivity contribution is -0.240. The number of hydrogen-bond acceptors (Lipinski definition) is 29. The van der Waals surface area contributed by atoms with Gasteiger partial charge in [-0.25, -0.2) is 27.6 Å². The summed E-state index contributed by atoms with van der Waals surface area (Å²) in [6.07, 6.45) is -21.9. The van der Waals surface area contributed by atoms with Crippen LogP contribution in [0.2, 0.25) is 0 Å². The monoisotopic (exact) mass is 1660 g/mol. The maximum Gasteiger partial charge on any atom is 0.343 e. The Labute approximate surface area is 585 Å². The summed E-state index contributed by atoms with van der Waals surface area (Å²) in [6, 6.07) is 16.9. The third kappa shape index (κ3) is 8.32. The van der Waals surface area contributed by atoms with Crippen molar-refractivity contribution >= 4 is 127 Å². The van der Waals surface area contributed by atoms with Gasteiger partial charge in [-0.05, 0) is 143 Å². The average Bonchev–Trinajstić information content (AvgIpc) is 1.42. The number of ether oxygens (including phenoxy) is 8. The molecule has 8 aliphatic heterocycles. The molecule has 3 aromatic rings. The van der Waals surface area contributed by atoms with Crippen LogP contribution in [0.15, 0.2) is 87.5 Å². The van der Waals surface area contributed by atoms with Crippen molar-refractivity contribution in [2.75, 3.05) is 7.05 Å². The molecule has 8 heterocycles. The molecule has 4 spiro atoms. The minimum atomic E-state index is -4.73. The summed E-state index contributed by atoms with van der Waals surface area (Å²) in [5.41, 5.74) is -21.0. The second-order valence-corrected chi connectivity index (χ2v) is 36.3. The normalized spacial score (nSPS) is 43.3. The summed E-state index contributed by atoms with van der Waals surface area (Å²) in [7, 11) is -6.35. The van der Waals surface area contributed by atoms with Crippen LogP contribution in [-0.4, -0.2) is 201 Å². The molecule has 0 radical (unpaired) electrons. The minimum Gasteiger partial charge on any atom is -0.456 e. The van der Waals surface area contributed by atoms with E-state index in [2.05, 4.69) is 27.9 Å². The van der Waals surface area contributed by atoms with Crippen LogP contribution in [0.25, 0.3) is 0 Å². The van der Waals surface area contributed by atoms with E-state index in [1.807, 2.05) is 22.6 Å². The number of carbonyl (C=O) groups is 7. The van der Waals surface area contributed by atoms with Gasteiger partial charge in [-0.15, -0.1) is 0 Å². The van der Waals surface area contributed by atoms with Gasteiger partial charge in [0.05, 0.1) is 48.2 Å². The number of nitrogens with one attached hydrogen (secondary N) is 1. The Morgan fingerprint density at radius 3 is 1.18 bits per heavy atom. The zero-order valence-electron chi connectivity index (χ0n) is 51.6. The van der Waals surface area contributed by atoms with Crippen LogP contribution in [0.3, 0.4) is 0 Å². The first-order chi connectivity index (χ1) is 44.3. The van der Waals surface area contributed by atoms with Crippen LogP contribution in [0.4, 0.5) is 0 Å². The predicted molar refractivity (Wildman–Crippen MR) is 337 cm³/mol. The molecular formula is C61H66ClI2NO29S3. The standard InChI is InChI=1S/C28H31NO14S.C26H27IO13S.C6H4ClIO2S.CH4/c1-10-20(33)39-18-15(30)26-17-13(43-44(37,38)12-8-6-11(7-9-12)19(32)29-5)14(24(2,3)4)25(26)16(31)21(34)41-23(25)42-28(26,22(35)40-17)27(10,18)36;1-9-18(30)36-17-14(28)24-16-12(40-41(34,35)11-7-5-10(27)6-8-11)13(22(2,3)4)23(24)15(29)19(31)38-21(23)39-26(24,20(32)37-16)25(9,17)33;7-11(9,10)6-3-1-5(8)2-4-6;/h6-10,13-18,23,30-31,36H,1-5H3,(H,29,32);5-9,12-17,21,28-29,33H,1-4H3;1-4H;1H4/t10-,13-,14+,15+,16+,17?,18+,23?,25?,26?,27-,28+;9-,12-,13+,14+,15+,16?,17+,21?,23?,24?,25-,26+;;/m11../s1. The van der Waals surface area contributed by atoms with E-state index in [9.17, 15) is 89.5 Å². The molecule has 24 atom stereocenters. The predicted octanol–water partition coefficient (Wildman–Crippen LogP) is 0.848. The van der Waals surface area contributed by atoms with E-state index in [0.29, 0.717) is 0 Å². The number of fused-ring (bicyclic) bond motifs is 2. The Morgan fingerprint density at radius 1 is 0.526 bits per heavy atom. The third-order valence-electron chi connectivity index (χ3n) is 22.2. The van der Waals surface area contributed by atoms with Gasteiger partial charge in [0, 0.05) is 42.3 Å². The topological polar surface area (TPSA) is 448 Å². The summed E-state index contributed by atoms with van der Waals surface area (Å²) < 4.78 is 136. The zero-order chi connectivity index (χ0) is 70.5. The van der Waals surface area contributed by atoms with Gasteiger partial charge in [-0.1, -0.05) is 49.0 Å². The Bertz CT molecular complexity index is 4290. The summed E-state index contributed by atoms with van der Waals surface area (Å²) in [4.78, 5) is 91.0. The Balaban J connectivity index is 0.000000159. The molecule has 0 bridgehead atoms. The highest BCUT2D eigenvalue weighted by atomic mass is 127. The molecule has 15 rings (SSSR count). The number of aliphatic hydroxyl groups excluding tert-OH is 4. The summed E-state index contributed by atoms with van der Waals surface area (Å²) in [5, 5.41) is 74.4. The molecule has 12 fully saturated rings. The van der Waals surface area contributed by atoms with Gasteiger partial charge in [0.25, 0.3) is 35.2 Å². The SMILES string of the molecule is C.CNC(=O)c1ccc(S(=O)(=O)O[C@H]2C3OC(=O)[C@]45OC6OC(=O)[C@H](O)C6([C@@H]2C(C)(C)C)C34[C@@H](O)[C@@H]2OC(=O)[C@@H](C)[C@@]25O)cc1.C[C@@H]1C(=O)O[C@H]2[C@H](O)C34C5OC(=O)[C@@]3(OC3OC(=O)[C@H](O)C34[C@H](C(C)(C)C)[C@H]5OS(=O)(=O)c3ccc(I)cc3)[C@@]12O.O=S(=O)(Cl)c1ccc(I)cc1. The van der Waals surface area contributed by atoms with Gasteiger partial charge in [0.15, 0.2) is 35.6 Å². The van der Waals surface area contributed by atoms with Crippen molar-refractivity contribution < 1.29 is 136 Å². The molecule has 1 amide bonds. The number of aliphatic hydroxyl groups is 6. The van der Waals surface area contributed by atoms with Gasteiger partial charge < -0.3 is 73.9 Å². The zero-order valence-corrected chi connectivity index (χ0v) is 59.1. The summed E-state index contributed by atoms with van der Waals surface area (Å²) in [6.45, 7) is 12.7. The Morgan fingerprint density at radius 2 is 0.856 bits per heavy atom. The molecule has 528 valence electrons. The van der Waals surface area contributed by atoms with E-state index < -0.39 is 223 Å². The largest absolute Gasteiger partial charge is 0.456 e. The van der Waals surface area contributed by atoms with Crippen LogP contribution >= 0.6 is 55.9 Å². The van der Waals surface area contributed by atoms with E-state index in [-0.39, 0.29) is 27.7 Å². The van der Waals surface area contributed by atoms with Crippen LogP contribution in [0, 0.1) is 63.3 Å². The Hall–Kier alpha value is -4.85. The summed E-state index contributed by atoms with van der Waals surface area (Å²) in [5.74, 6) is -12.4. The molecule has 12 aliphatic rings. The first-order valence-corrected chi connectivity index (χ1v) is 37.1. The molecule has 8 saturated heterocycles. The van der Waals surface area contributed by atoms with Crippen molar-refractivity contribution in [1.82, 2.24) is 5.32 Å². The fourth-order valence-electron chi connectivity index (χ4n) is 19.2. The van der Waals surface area contributed by atoms with Gasteiger partial charge in [0.1, 0.15) is 36.6 Å². The number of rotatable bonds is 8. The van der Waals surface area contributed by atoms with Crippen LogP contribution in [0.1, 0.15) is 73.2 Å². The van der Waals surface area contributed by atoms with Crippen molar-refractivity contribution in [3.05, 3.63) is 85.5 Å². The van der Waals surface area contributed by atoms with E-state index in [4.69, 9.17) is 56.9 Å². The van der Waals surface area contributed by atoms with Crippen molar-refractivity contribution in [2.45, 2.75) is 174 Å². The van der Waals surface area contributed by atoms with E-state index in [0.717, 1.165) is 19.3 Å². The molecule has 36 heteroatoms. The van der Waals surface area contributed by atoms with Gasteiger partial charge in [0.2, 0.25) is 23.8 Å². The maximum absolute atomic E-state index is 14.0. The number of hydrogen-bond donors (Lipinski definition) is 7. The Kier molecular flexibility index (Phi) is 16.4. The second kappa shape index (κ2) is 22.1. The van der Waals surface area contributed by atoms with E-state index in [1.165, 1.54) is 57.3 Å². The van der Waals surface area contributed by atoms with Crippen molar-refractivity contribution in [3.8, 4) is 0 Å². The highest BCUT2D eigenvalue weighted by Crippen LogP contribution is 2.87. The fourth-order valence-corrected chi connectivity index (χ4v) is 22.8. The molecule has 4 aliphatic carbocycles. The molecule has 7 N–H and O–H groups in total. The third-order valence-corrected chi connectivity index (χ3v) is 27.6. The van der Waals surface area contributed by atoms with Crippen LogP contribution in [-0.2, 0) is 104 Å². The minimum absolute atomic E-state index is 0. The lowest BCUT2D eigenvalue weighted by Gasteiger charge is -2.47. The maximum atomic E-state index is 14.0. The molecule has 3 aromatic carbocycles. The molecule has 0 aromatic heterocycles. The molecule has 30 nitrogen and oxygen atoms in total. The lowest BCUT2D eigenvalue weighted by Crippen LogP contribution is -2.67. The van der Waals surface area contributed by atoms with Gasteiger partial charge >= 0.3 is 35.8 Å². The average molecular weight is 1660 g/mol. The number of halogens is 3. The summed E-state index contributed by atoms with van der Waals surface area (Å²) >= 11 is 4.10. The van der Waals surface area contributed by atoms with Crippen molar-refractivity contribution in [1.29, 1.82) is 0 Å².